The number of hydrogen-bond donors (Lipinski definition) is 4. The van der Waals surface area contributed by atoms with Crippen LogP contribution in [-0.2, 0) is 9.59 Å². The quantitative estimate of drug-likeness (QED) is 0.279. The minimum atomic E-state index is -0.980. The Bertz CT molecular complexity index is 159. The Morgan fingerprint density at radius 3 is 2.36 bits per heavy atom. The van der Waals surface area contributed by atoms with E-state index in [-0.39, 0.29) is 12.8 Å². The van der Waals surface area contributed by atoms with Gasteiger partial charge in [0.2, 0.25) is 5.91 Å². The lowest BCUT2D eigenvalue weighted by Gasteiger charge is -2.08. The van der Waals surface area contributed by atoms with E-state index >= 15 is 0 Å². The van der Waals surface area contributed by atoms with E-state index in [0.717, 1.165) is 0 Å². The first-order valence-corrected chi connectivity index (χ1v) is 3.05. The molecule has 0 saturated heterocycles. The van der Waals surface area contributed by atoms with Gasteiger partial charge in [0.15, 0.2) is 0 Å². The van der Waals surface area contributed by atoms with E-state index in [1.807, 2.05) is 0 Å². The molecule has 0 aliphatic rings. The summed E-state index contributed by atoms with van der Waals surface area (Å²) >= 11 is 0. The van der Waals surface area contributed by atoms with E-state index < -0.39 is 17.9 Å². The third-order valence-corrected chi connectivity index (χ3v) is 1.19. The maximum absolute atomic E-state index is 10.4. The van der Waals surface area contributed by atoms with Crippen LogP contribution >= 0.6 is 0 Å². The van der Waals surface area contributed by atoms with Gasteiger partial charge in [-0.2, -0.15) is 0 Å². The maximum atomic E-state index is 10.4. The van der Waals surface area contributed by atoms with Crippen molar-refractivity contribution in [2.45, 2.75) is 18.9 Å². The molecule has 64 valence electrons. The molecule has 0 bridgehead atoms. The lowest BCUT2D eigenvalue weighted by Crippen LogP contribution is -2.45. The van der Waals surface area contributed by atoms with Crippen molar-refractivity contribution < 1.29 is 14.7 Å². The molecular weight excluding hydrogens is 150 g/mol. The zero-order valence-corrected chi connectivity index (χ0v) is 5.91. The number of carbonyl (C=O) groups is 2. The number of carboxylic acid groups (broad SMARTS) is 1. The molecule has 6 heteroatoms. The molecular formula is C5H11N3O3. The van der Waals surface area contributed by atoms with Crippen molar-refractivity contribution in [3.8, 4) is 0 Å². The van der Waals surface area contributed by atoms with Crippen molar-refractivity contribution >= 4 is 11.9 Å². The third-order valence-electron chi connectivity index (χ3n) is 1.19. The number of nitrogens with one attached hydrogen (secondary N) is 1. The minimum Gasteiger partial charge on any atom is -0.481 e. The van der Waals surface area contributed by atoms with E-state index in [4.69, 9.17) is 16.7 Å². The van der Waals surface area contributed by atoms with Gasteiger partial charge in [0.05, 0.1) is 0 Å². The second-order valence-electron chi connectivity index (χ2n) is 2.05. The van der Waals surface area contributed by atoms with Crippen LogP contribution in [0.4, 0.5) is 0 Å². The molecule has 6 N–H and O–H groups in total. The van der Waals surface area contributed by atoms with Crippen molar-refractivity contribution in [3.05, 3.63) is 0 Å². The lowest BCUT2D eigenvalue weighted by atomic mass is 10.1. The van der Waals surface area contributed by atoms with E-state index in [1.165, 1.54) is 0 Å². The number of aliphatic carboxylic acids is 1. The standard InChI is InChI=1S/C5H11N3O3/c6-5(11)3(8-7)1-2-4(9)10/h3,8H,1-2,7H2,(H2,6,11)(H,9,10)/t3-/m1/s1. The summed E-state index contributed by atoms with van der Waals surface area (Å²) in [4.78, 5) is 20.5. The first-order chi connectivity index (χ1) is 5.07. The first-order valence-electron chi connectivity index (χ1n) is 3.05. The number of nitrogens with two attached hydrogens (primary N) is 2. The van der Waals surface area contributed by atoms with E-state index in [2.05, 4.69) is 5.43 Å². The lowest BCUT2D eigenvalue weighted by molar-refractivity contribution is -0.137. The smallest absolute Gasteiger partial charge is 0.303 e. The second kappa shape index (κ2) is 4.64. The molecule has 0 unspecified atom stereocenters. The average molecular weight is 161 g/mol. The fourth-order valence-corrected chi connectivity index (χ4v) is 0.576. The SMILES string of the molecule is NN[C@H](CCC(=O)O)C(N)=O. The number of hydrazine groups is 1. The molecule has 0 aromatic carbocycles. The summed E-state index contributed by atoms with van der Waals surface area (Å²) in [5.74, 6) is 3.29. The molecule has 0 fully saturated rings. The highest BCUT2D eigenvalue weighted by Crippen LogP contribution is 1.94. The fraction of sp³-hybridized carbons (Fsp3) is 0.600. The van der Waals surface area contributed by atoms with Gasteiger partial charge >= 0.3 is 5.97 Å². The number of carboxylic acids is 1. The van der Waals surface area contributed by atoms with Crippen LogP contribution in [0.25, 0.3) is 0 Å². The summed E-state index contributed by atoms with van der Waals surface area (Å²) in [5.41, 5.74) is 6.98. The maximum Gasteiger partial charge on any atom is 0.303 e. The molecule has 0 aliphatic heterocycles. The van der Waals surface area contributed by atoms with Gasteiger partial charge in [-0.05, 0) is 6.42 Å². The van der Waals surface area contributed by atoms with E-state index in [1.54, 1.807) is 0 Å². The second-order valence-corrected chi connectivity index (χ2v) is 2.05. The molecule has 0 radical (unpaired) electrons. The van der Waals surface area contributed by atoms with Crippen molar-refractivity contribution in [1.29, 1.82) is 0 Å². The van der Waals surface area contributed by atoms with Crippen molar-refractivity contribution in [2.24, 2.45) is 11.6 Å². The van der Waals surface area contributed by atoms with Gasteiger partial charge in [-0.15, -0.1) is 0 Å². The van der Waals surface area contributed by atoms with Crippen LogP contribution in [0.1, 0.15) is 12.8 Å². The van der Waals surface area contributed by atoms with Gasteiger partial charge in [-0.1, -0.05) is 0 Å². The Morgan fingerprint density at radius 2 is 2.09 bits per heavy atom. The van der Waals surface area contributed by atoms with Crippen LogP contribution in [0.15, 0.2) is 0 Å². The van der Waals surface area contributed by atoms with Gasteiger partial charge in [-0.25, -0.2) is 5.43 Å². The Morgan fingerprint density at radius 1 is 1.55 bits per heavy atom. The predicted molar refractivity (Wildman–Crippen MR) is 37.2 cm³/mol. The Hall–Kier alpha value is -1.14. The van der Waals surface area contributed by atoms with Gasteiger partial charge in [0, 0.05) is 6.42 Å². The van der Waals surface area contributed by atoms with E-state index in [9.17, 15) is 9.59 Å². The van der Waals surface area contributed by atoms with Crippen LogP contribution in [0.5, 0.6) is 0 Å². The highest BCUT2D eigenvalue weighted by Gasteiger charge is 2.13. The van der Waals surface area contributed by atoms with Crippen LogP contribution in [0.3, 0.4) is 0 Å². The Kier molecular flexibility index (Phi) is 4.16. The molecule has 0 spiro atoms. The predicted octanol–water partition coefficient (Wildman–Crippen LogP) is -1.83. The van der Waals surface area contributed by atoms with Crippen molar-refractivity contribution in [3.63, 3.8) is 0 Å². The monoisotopic (exact) mass is 161 g/mol. The summed E-state index contributed by atoms with van der Waals surface area (Å²) < 4.78 is 0. The average Bonchev–Trinajstić information content (AvgIpc) is 1.87. The molecule has 0 heterocycles. The third kappa shape index (κ3) is 4.29. The summed E-state index contributed by atoms with van der Waals surface area (Å²) in [6.07, 6.45) is -0.0149. The minimum absolute atomic E-state index is 0.112. The fourth-order valence-electron chi connectivity index (χ4n) is 0.576. The molecule has 1 atom stereocenters. The van der Waals surface area contributed by atoms with Gasteiger partial charge in [0.25, 0.3) is 0 Å². The Balaban J connectivity index is 3.70. The van der Waals surface area contributed by atoms with Crippen LogP contribution < -0.4 is 17.0 Å². The molecule has 0 aromatic heterocycles. The van der Waals surface area contributed by atoms with Crippen LogP contribution in [-0.4, -0.2) is 23.0 Å². The molecule has 6 nitrogen and oxygen atoms in total. The number of rotatable bonds is 5. The first kappa shape index (κ1) is 9.86. The molecule has 0 aromatic rings. The van der Waals surface area contributed by atoms with Crippen LogP contribution in [0.2, 0.25) is 0 Å². The summed E-state index contributed by atoms with van der Waals surface area (Å²) in [5, 5.41) is 8.22. The van der Waals surface area contributed by atoms with Crippen molar-refractivity contribution in [2.75, 3.05) is 0 Å². The molecule has 11 heavy (non-hydrogen) atoms. The van der Waals surface area contributed by atoms with Gasteiger partial charge < -0.3 is 10.8 Å². The normalized spacial score (nSPS) is 12.5. The highest BCUT2D eigenvalue weighted by atomic mass is 16.4. The molecule has 0 rings (SSSR count). The highest BCUT2D eigenvalue weighted by molar-refractivity contribution is 5.80. The van der Waals surface area contributed by atoms with Crippen LogP contribution in [0, 0.1) is 0 Å². The molecule has 1 amide bonds. The van der Waals surface area contributed by atoms with E-state index in [0.29, 0.717) is 0 Å². The zero-order chi connectivity index (χ0) is 8.85. The molecule has 0 aliphatic carbocycles. The topological polar surface area (TPSA) is 118 Å². The number of carbonyl (C=O) groups excluding carboxylic acids is 1. The number of amides is 1. The Labute approximate surface area is 63.5 Å². The molecule has 0 saturated carbocycles. The summed E-state index contributed by atoms with van der Waals surface area (Å²) in [6.45, 7) is 0. The van der Waals surface area contributed by atoms with Gasteiger partial charge in [-0.3, -0.25) is 15.4 Å². The largest absolute Gasteiger partial charge is 0.481 e. The number of hydrogen-bond acceptors (Lipinski definition) is 4. The van der Waals surface area contributed by atoms with Crippen molar-refractivity contribution in [1.82, 2.24) is 5.43 Å². The summed E-state index contributed by atoms with van der Waals surface area (Å²) in [6, 6.07) is -0.758. The number of primary amides is 1. The van der Waals surface area contributed by atoms with Gasteiger partial charge in [0.1, 0.15) is 6.04 Å². The summed E-state index contributed by atoms with van der Waals surface area (Å²) in [7, 11) is 0. The zero-order valence-electron chi connectivity index (χ0n) is 5.91.